The molecule has 29 heavy (non-hydrogen) atoms. The zero-order chi connectivity index (χ0) is 20.0. The van der Waals surface area contributed by atoms with Crippen LogP contribution in [0.4, 0.5) is 0 Å². The molecule has 2 amide bonds. The second kappa shape index (κ2) is 7.10. The molecule has 2 aromatic rings. The van der Waals surface area contributed by atoms with Crippen molar-refractivity contribution in [1.82, 2.24) is 9.80 Å². The SMILES string of the molecule is Cc1ccccc1C(=O)N1CCN(C(=O)C2CC2c2ccc3c(c2)OCO3)CC1. The van der Waals surface area contributed by atoms with Crippen LogP contribution in [0.3, 0.4) is 0 Å². The molecule has 2 atom stereocenters. The zero-order valence-corrected chi connectivity index (χ0v) is 16.5. The Balaban J connectivity index is 1.18. The van der Waals surface area contributed by atoms with Gasteiger partial charge in [-0.25, -0.2) is 0 Å². The molecule has 5 rings (SSSR count). The van der Waals surface area contributed by atoms with Crippen LogP contribution >= 0.6 is 0 Å². The van der Waals surface area contributed by atoms with Crippen LogP contribution in [0, 0.1) is 12.8 Å². The number of ether oxygens (including phenoxy) is 2. The molecule has 1 saturated carbocycles. The van der Waals surface area contributed by atoms with Gasteiger partial charge in [-0.3, -0.25) is 9.59 Å². The summed E-state index contributed by atoms with van der Waals surface area (Å²) >= 11 is 0. The van der Waals surface area contributed by atoms with Gasteiger partial charge in [-0.05, 0) is 48.6 Å². The van der Waals surface area contributed by atoms with Gasteiger partial charge in [-0.1, -0.05) is 24.3 Å². The first-order valence-electron chi connectivity index (χ1n) is 10.1. The highest BCUT2D eigenvalue weighted by Gasteiger charge is 2.46. The summed E-state index contributed by atoms with van der Waals surface area (Å²) in [6, 6.07) is 13.6. The first-order valence-corrected chi connectivity index (χ1v) is 10.1. The summed E-state index contributed by atoms with van der Waals surface area (Å²) in [5, 5.41) is 0. The van der Waals surface area contributed by atoms with Gasteiger partial charge in [0, 0.05) is 37.7 Å². The fourth-order valence-corrected chi connectivity index (χ4v) is 4.33. The lowest BCUT2D eigenvalue weighted by Crippen LogP contribution is -2.51. The van der Waals surface area contributed by atoms with E-state index in [1.807, 2.05) is 59.2 Å². The molecule has 2 fully saturated rings. The number of fused-ring (bicyclic) bond motifs is 1. The molecule has 6 nitrogen and oxygen atoms in total. The number of aryl methyl sites for hydroxylation is 1. The summed E-state index contributed by atoms with van der Waals surface area (Å²) in [7, 11) is 0. The van der Waals surface area contributed by atoms with Crippen molar-refractivity contribution in [1.29, 1.82) is 0 Å². The first-order chi connectivity index (χ1) is 14.1. The molecule has 2 heterocycles. The molecule has 0 N–H and O–H groups in total. The quantitative estimate of drug-likeness (QED) is 0.806. The molecule has 1 aliphatic carbocycles. The van der Waals surface area contributed by atoms with E-state index >= 15 is 0 Å². The van der Waals surface area contributed by atoms with E-state index < -0.39 is 0 Å². The number of carbonyl (C=O) groups is 2. The molecule has 1 saturated heterocycles. The van der Waals surface area contributed by atoms with Crippen molar-refractivity contribution in [2.75, 3.05) is 33.0 Å². The van der Waals surface area contributed by atoms with Crippen molar-refractivity contribution in [2.24, 2.45) is 5.92 Å². The summed E-state index contributed by atoms with van der Waals surface area (Å²) in [5.74, 6) is 2.09. The maximum absolute atomic E-state index is 12.9. The van der Waals surface area contributed by atoms with E-state index in [0.29, 0.717) is 26.2 Å². The largest absolute Gasteiger partial charge is 0.454 e. The molecule has 2 aliphatic heterocycles. The van der Waals surface area contributed by atoms with E-state index in [2.05, 4.69) is 0 Å². The number of carbonyl (C=O) groups excluding carboxylic acids is 2. The number of benzene rings is 2. The van der Waals surface area contributed by atoms with Gasteiger partial charge in [0.25, 0.3) is 5.91 Å². The van der Waals surface area contributed by atoms with Crippen molar-refractivity contribution in [3.05, 3.63) is 59.2 Å². The highest BCUT2D eigenvalue weighted by atomic mass is 16.7. The minimum Gasteiger partial charge on any atom is -0.454 e. The van der Waals surface area contributed by atoms with Crippen LogP contribution in [0.2, 0.25) is 0 Å². The van der Waals surface area contributed by atoms with Gasteiger partial charge in [0.1, 0.15) is 0 Å². The molecular weight excluding hydrogens is 368 g/mol. The average Bonchev–Trinajstić information content (AvgIpc) is 3.42. The third kappa shape index (κ3) is 3.33. The Morgan fingerprint density at radius 3 is 2.45 bits per heavy atom. The van der Waals surface area contributed by atoms with Crippen LogP contribution in [-0.2, 0) is 4.79 Å². The fourth-order valence-electron chi connectivity index (χ4n) is 4.33. The zero-order valence-electron chi connectivity index (χ0n) is 16.5. The lowest BCUT2D eigenvalue weighted by molar-refractivity contribution is -0.134. The molecule has 0 aromatic heterocycles. The molecule has 3 aliphatic rings. The third-order valence-corrected chi connectivity index (χ3v) is 6.19. The van der Waals surface area contributed by atoms with Crippen LogP contribution < -0.4 is 9.47 Å². The Hall–Kier alpha value is -3.02. The standard InChI is InChI=1S/C23H24N2O4/c1-15-4-2-3-5-17(15)22(26)24-8-10-25(11-9-24)23(27)19-13-18(19)16-6-7-20-21(12-16)29-14-28-20/h2-7,12,18-19H,8-11,13-14H2,1H3. The summed E-state index contributed by atoms with van der Waals surface area (Å²) in [5.41, 5.74) is 2.87. The highest BCUT2D eigenvalue weighted by molar-refractivity contribution is 5.95. The second-order valence-corrected chi connectivity index (χ2v) is 7.99. The molecule has 2 unspecified atom stereocenters. The number of rotatable bonds is 3. The fraction of sp³-hybridized carbons (Fsp3) is 0.391. The van der Waals surface area contributed by atoms with Crippen molar-refractivity contribution >= 4 is 11.8 Å². The lowest BCUT2D eigenvalue weighted by atomic mass is 10.1. The lowest BCUT2D eigenvalue weighted by Gasteiger charge is -2.35. The van der Waals surface area contributed by atoms with Crippen molar-refractivity contribution < 1.29 is 19.1 Å². The molecular formula is C23H24N2O4. The first kappa shape index (κ1) is 18.0. The molecule has 2 aromatic carbocycles. The van der Waals surface area contributed by atoms with Crippen LogP contribution in [0.5, 0.6) is 11.5 Å². The van der Waals surface area contributed by atoms with E-state index in [1.165, 1.54) is 0 Å². The highest BCUT2D eigenvalue weighted by Crippen LogP contribution is 2.50. The Kier molecular flexibility index (Phi) is 4.42. The Bertz CT molecular complexity index is 965. The Morgan fingerprint density at radius 2 is 1.66 bits per heavy atom. The van der Waals surface area contributed by atoms with E-state index in [4.69, 9.17) is 9.47 Å². The molecule has 150 valence electrons. The maximum atomic E-state index is 12.9. The van der Waals surface area contributed by atoms with E-state index in [1.54, 1.807) is 0 Å². The molecule has 0 radical (unpaired) electrons. The minimum atomic E-state index is 0.0361. The average molecular weight is 392 g/mol. The van der Waals surface area contributed by atoms with Crippen LogP contribution in [-0.4, -0.2) is 54.6 Å². The summed E-state index contributed by atoms with van der Waals surface area (Å²) in [4.78, 5) is 29.5. The van der Waals surface area contributed by atoms with Gasteiger partial charge < -0.3 is 19.3 Å². The van der Waals surface area contributed by atoms with Gasteiger partial charge in [0.05, 0.1) is 0 Å². The maximum Gasteiger partial charge on any atom is 0.254 e. The minimum absolute atomic E-state index is 0.0361. The van der Waals surface area contributed by atoms with Crippen molar-refractivity contribution in [3.8, 4) is 11.5 Å². The topological polar surface area (TPSA) is 59.1 Å². The number of nitrogens with zero attached hydrogens (tertiary/aromatic N) is 2. The van der Waals surface area contributed by atoms with Gasteiger partial charge in [-0.2, -0.15) is 0 Å². The number of hydrogen-bond acceptors (Lipinski definition) is 4. The normalized spacial score (nSPS) is 22.5. The van der Waals surface area contributed by atoms with Crippen molar-refractivity contribution in [2.45, 2.75) is 19.3 Å². The predicted molar refractivity (Wildman–Crippen MR) is 107 cm³/mol. The van der Waals surface area contributed by atoms with Crippen LogP contribution in [0.1, 0.15) is 33.8 Å². The molecule has 6 heteroatoms. The molecule has 0 spiro atoms. The van der Waals surface area contributed by atoms with E-state index in [-0.39, 0.29) is 30.4 Å². The van der Waals surface area contributed by atoms with Gasteiger partial charge in [0.15, 0.2) is 11.5 Å². The summed E-state index contributed by atoms with van der Waals surface area (Å²) in [6.07, 6.45) is 0.876. The predicted octanol–water partition coefficient (Wildman–Crippen LogP) is 2.81. The third-order valence-electron chi connectivity index (χ3n) is 6.19. The summed E-state index contributed by atoms with van der Waals surface area (Å²) < 4.78 is 10.8. The van der Waals surface area contributed by atoms with Crippen molar-refractivity contribution in [3.63, 3.8) is 0 Å². The number of piperazine rings is 1. The molecule has 0 bridgehead atoms. The van der Waals surface area contributed by atoms with Gasteiger partial charge >= 0.3 is 0 Å². The van der Waals surface area contributed by atoms with Gasteiger partial charge in [0.2, 0.25) is 12.7 Å². The number of amides is 2. The van der Waals surface area contributed by atoms with Gasteiger partial charge in [-0.15, -0.1) is 0 Å². The Labute approximate surface area is 170 Å². The smallest absolute Gasteiger partial charge is 0.254 e. The Morgan fingerprint density at radius 1 is 0.931 bits per heavy atom. The second-order valence-electron chi connectivity index (χ2n) is 7.99. The summed E-state index contributed by atoms with van der Waals surface area (Å²) in [6.45, 7) is 4.58. The van der Waals surface area contributed by atoms with Crippen LogP contribution in [0.15, 0.2) is 42.5 Å². The number of hydrogen-bond donors (Lipinski definition) is 0. The van der Waals surface area contributed by atoms with E-state index in [9.17, 15) is 9.59 Å². The van der Waals surface area contributed by atoms with Crippen LogP contribution in [0.25, 0.3) is 0 Å². The van der Waals surface area contributed by atoms with E-state index in [0.717, 1.165) is 34.6 Å². The monoisotopic (exact) mass is 392 g/mol.